The Morgan fingerprint density at radius 2 is 2.25 bits per heavy atom. The van der Waals surface area contributed by atoms with Crippen molar-refractivity contribution in [3.05, 3.63) is 66.4 Å². The van der Waals surface area contributed by atoms with Gasteiger partial charge in [0.25, 0.3) is 0 Å². The highest BCUT2D eigenvalue weighted by atomic mass is 19.1. The molecule has 0 atom stereocenters. The van der Waals surface area contributed by atoms with E-state index in [0.29, 0.717) is 28.0 Å². The van der Waals surface area contributed by atoms with E-state index >= 15 is 0 Å². The van der Waals surface area contributed by atoms with E-state index in [4.69, 9.17) is 10.5 Å². The van der Waals surface area contributed by atoms with Crippen LogP contribution in [0.2, 0.25) is 0 Å². The second-order valence-corrected chi connectivity index (χ2v) is 5.01. The Balaban J connectivity index is 2.70. The molecule has 1 aromatic carbocycles. The molecule has 0 aliphatic rings. The van der Waals surface area contributed by atoms with E-state index in [9.17, 15) is 9.18 Å². The average Bonchev–Trinajstić information content (AvgIpc) is 2.80. The van der Waals surface area contributed by atoms with Crippen molar-refractivity contribution in [1.29, 1.82) is 0 Å². The molecule has 0 aliphatic carbocycles. The number of fused-ring (bicyclic) bond motifs is 1. The lowest BCUT2D eigenvalue weighted by molar-refractivity contribution is 0.0517. The number of allylic oxidation sites excluding steroid dienone is 3. The molecule has 6 heteroatoms. The maximum atomic E-state index is 13.7. The molecular formula is C18H20FN3O2. The molecule has 0 amide bonds. The summed E-state index contributed by atoms with van der Waals surface area (Å²) in [6, 6.07) is 4.34. The summed E-state index contributed by atoms with van der Waals surface area (Å²) < 4.78 is 20.5. The molecule has 0 unspecified atom stereocenters. The lowest BCUT2D eigenvalue weighted by Gasteiger charge is -2.10. The summed E-state index contributed by atoms with van der Waals surface area (Å²) in [5.74, 6) is -0.885. The van der Waals surface area contributed by atoms with Crippen LogP contribution in [0.5, 0.6) is 0 Å². The zero-order chi connectivity index (χ0) is 17.7. The van der Waals surface area contributed by atoms with Crippen LogP contribution in [0.3, 0.4) is 0 Å². The largest absolute Gasteiger partial charge is 0.461 e. The Kier molecular flexibility index (Phi) is 5.42. The second-order valence-electron chi connectivity index (χ2n) is 5.01. The van der Waals surface area contributed by atoms with Crippen molar-refractivity contribution in [2.24, 2.45) is 12.8 Å². The summed E-state index contributed by atoms with van der Waals surface area (Å²) in [4.78, 5) is 12.4. The normalized spacial score (nSPS) is 11.9. The van der Waals surface area contributed by atoms with Crippen molar-refractivity contribution >= 4 is 22.6 Å². The number of halogens is 1. The maximum Gasteiger partial charge on any atom is 0.357 e. The van der Waals surface area contributed by atoms with Gasteiger partial charge in [0.2, 0.25) is 0 Å². The van der Waals surface area contributed by atoms with Crippen LogP contribution in [0, 0.1) is 5.82 Å². The first-order valence-corrected chi connectivity index (χ1v) is 7.46. The number of hydrogen-bond donors (Lipinski definition) is 2. The summed E-state index contributed by atoms with van der Waals surface area (Å²) in [7, 11) is 1.73. The number of carbonyl (C=O) groups excluding carboxylic acids is 1. The number of esters is 1. The number of ether oxygens (including phenoxy) is 1. The average molecular weight is 329 g/mol. The first-order chi connectivity index (χ1) is 11.5. The van der Waals surface area contributed by atoms with Gasteiger partial charge in [0.1, 0.15) is 5.82 Å². The minimum atomic E-state index is -0.492. The second kappa shape index (κ2) is 7.50. The summed E-state index contributed by atoms with van der Waals surface area (Å²) in [5, 5.41) is 3.68. The van der Waals surface area contributed by atoms with Crippen LogP contribution in [0.15, 0.2) is 54.9 Å². The topological polar surface area (TPSA) is 69.3 Å². The fraction of sp³-hybridized carbons (Fsp3) is 0.167. The van der Waals surface area contributed by atoms with E-state index in [1.807, 2.05) is 0 Å². The van der Waals surface area contributed by atoms with Crippen LogP contribution >= 0.6 is 0 Å². The Labute approximate surface area is 139 Å². The summed E-state index contributed by atoms with van der Waals surface area (Å²) in [6.45, 7) is 5.62. The number of rotatable bonds is 6. The number of benzene rings is 1. The van der Waals surface area contributed by atoms with E-state index in [0.717, 1.165) is 0 Å². The number of nitrogens with one attached hydrogen (secondary N) is 1. The minimum Gasteiger partial charge on any atom is -0.461 e. The highest BCUT2D eigenvalue weighted by molar-refractivity contribution is 6.07. The van der Waals surface area contributed by atoms with Crippen molar-refractivity contribution in [3.8, 4) is 0 Å². The lowest BCUT2D eigenvalue weighted by atomic mass is 10.2. The van der Waals surface area contributed by atoms with Crippen LogP contribution in [-0.4, -0.2) is 17.1 Å². The number of nitrogens with zero attached hydrogens (tertiary/aromatic N) is 1. The van der Waals surface area contributed by atoms with Gasteiger partial charge < -0.3 is 20.4 Å². The molecule has 5 nitrogen and oxygen atoms in total. The van der Waals surface area contributed by atoms with E-state index in [1.165, 1.54) is 18.3 Å². The zero-order valence-corrected chi connectivity index (χ0v) is 13.7. The Morgan fingerprint density at radius 3 is 2.88 bits per heavy atom. The molecule has 0 radical (unpaired) electrons. The monoisotopic (exact) mass is 329 g/mol. The van der Waals surface area contributed by atoms with Crippen LogP contribution in [0.25, 0.3) is 10.9 Å². The van der Waals surface area contributed by atoms with Crippen LogP contribution in [-0.2, 0) is 11.8 Å². The molecule has 2 rings (SSSR count). The summed E-state index contributed by atoms with van der Waals surface area (Å²) >= 11 is 0. The molecule has 0 aliphatic heterocycles. The Bertz CT molecular complexity index is 834. The molecule has 0 saturated heterocycles. The lowest BCUT2D eigenvalue weighted by Crippen LogP contribution is -2.12. The summed E-state index contributed by atoms with van der Waals surface area (Å²) in [5.41, 5.74) is 7.52. The first-order valence-electron chi connectivity index (χ1n) is 7.46. The van der Waals surface area contributed by atoms with Gasteiger partial charge in [-0.1, -0.05) is 12.7 Å². The van der Waals surface area contributed by atoms with Gasteiger partial charge in [-0.15, -0.1) is 0 Å². The Morgan fingerprint density at radius 1 is 1.50 bits per heavy atom. The van der Waals surface area contributed by atoms with Gasteiger partial charge in [-0.05, 0) is 43.5 Å². The molecule has 0 spiro atoms. The molecule has 0 fully saturated rings. The summed E-state index contributed by atoms with van der Waals surface area (Å²) in [6.07, 6.45) is 6.25. The third-order valence-electron chi connectivity index (χ3n) is 3.47. The van der Waals surface area contributed by atoms with Crippen molar-refractivity contribution in [3.63, 3.8) is 0 Å². The first kappa shape index (κ1) is 17.3. The number of carbonyl (C=O) groups is 1. The molecular weight excluding hydrogens is 309 g/mol. The number of anilines is 1. The van der Waals surface area contributed by atoms with E-state index in [2.05, 4.69) is 11.9 Å². The van der Waals surface area contributed by atoms with Gasteiger partial charge in [-0.3, -0.25) is 0 Å². The molecule has 126 valence electrons. The zero-order valence-electron chi connectivity index (χ0n) is 13.7. The van der Waals surface area contributed by atoms with Crippen molar-refractivity contribution in [1.82, 2.24) is 4.57 Å². The van der Waals surface area contributed by atoms with Gasteiger partial charge in [-0.25, -0.2) is 9.18 Å². The van der Waals surface area contributed by atoms with Gasteiger partial charge in [0.05, 0.1) is 17.8 Å². The van der Waals surface area contributed by atoms with E-state index < -0.39 is 11.8 Å². The van der Waals surface area contributed by atoms with Crippen LogP contribution in [0.4, 0.5) is 10.1 Å². The minimum absolute atomic E-state index is 0.242. The van der Waals surface area contributed by atoms with Crippen LogP contribution < -0.4 is 11.1 Å². The highest BCUT2D eigenvalue weighted by Crippen LogP contribution is 2.32. The predicted molar refractivity (Wildman–Crippen MR) is 94.1 cm³/mol. The van der Waals surface area contributed by atoms with Gasteiger partial charge in [-0.2, -0.15) is 0 Å². The number of aryl methyl sites for hydroxylation is 1. The molecule has 1 aromatic heterocycles. The van der Waals surface area contributed by atoms with Crippen molar-refractivity contribution in [2.45, 2.75) is 6.92 Å². The molecule has 0 saturated carbocycles. The van der Waals surface area contributed by atoms with Crippen LogP contribution in [0.1, 0.15) is 17.4 Å². The third kappa shape index (κ3) is 3.32. The number of hydrogen-bond acceptors (Lipinski definition) is 4. The Hall–Kier alpha value is -3.02. The molecule has 2 aromatic rings. The predicted octanol–water partition coefficient (Wildman–Crippen LogP) is 3.45. The fourth-order valence-electron chi connectivity index (χ4n) is 2.50. The smallest absolute Gasteiger partial charge is 0.357 e. The van der Waals surface area contributed by atoms with Gasteiger partial charge >= 0.3 is 5.97 Å². The fourth-order valence-corrected chi connectivity index (χ4v) is 2.50. The standard InChI is InChI=1S/C18H20FN3O2/c1-4-6-13(9-10-20)21-16-14-11-12(19)7-8-15(14)22(3)17(16)18(23)24-5-2/h4,6-11,21H,1,5,20H2,2-3H3/b10-9-,13-6+. The molecule has 3 N–H and O–H groups in total. The molecule has 24 heavy (non-hydrogen) atoms. The molecule has 0 bridgehead atoms. The van der Waals surface area contributed by atoms with Crippen molar-refractivity contribution in [2.75, 3.05) is 11.9 Å². The van der Waals surface area contributed by atoms with E-state index in [1.54, 1.807) is 42.8 Å². The van der Waals surface area contributed by atoms with E-state index in [-0.39, 0.29) is 6.61 Å². The van der Waals surface area contributed by atoms with Gasteiger partial charge in [0, 0.05) is 18.1 Å². The maximum absolute atomic E-state index is 13.7. The van der Waals surface area contributed by atoms with Crippen molar-refractivity contribution < 1.29 is 13.9 Å². The SMILES string of the molecule is C=C/C=C(\C=C/N)Nc1c(C(=O)OCC)n(C)c2ccc(F)cc12. The quantitative estimate of drug-likeness (QED) is 0.629. The highest BCUT2D eigenvalue weighted by Gasteiger charge is 2.23. The third-order valence-corrected chi connectivity index (χ3v) is 3.47. The van der Waals surface area contributed by atoms with Gasteiger partial charge in [0.15, 0.2) is 5.69 Å². The number of aromatic nitrogens is 1. The number of nitrogens with two attached hydrogens (primary N) is 1. The molecule has 1 heterocycles.